The molecule has 0 radical (unpaired) electrons. The Labute approximate surface area is 441 Å². The molecule has 0 aliphatic rings. The van der Waals surface area contributed by atoms with Crippen molar-refractivity contribution in [3.8, 4) is 0 Å². The Balaban J connectivity index is 3.82. The molecular weight excluding hydrogens is 900 g/mol. The van der Waals surface area contributed by atoms with Crippen LogP contribution in [0.15, 0.2) is 60.8 Å². The second-order valence-electron chi connectivity index (χ2n) is 21.7. The van der Waals surface area contributed by atoms with E-state index in [4.69, 9.17) is 9.05 Å². The van der Waals surface area contributed by atoms with E-state index in [9.17, 15) is 19.4 Å². The van der Waals surface area contributed by atoms with Crippen molar-refractivity contribution in [1.82, 2.24) is 5.32 Å². The number of carbonyl (C=O) groups is 1. The largest absolute Gasteiger partial charge is 0.472 e. The summed E-state index contributed by atoms with van der Waals surface area (Å²) in [7, 11) is 1.58. The highest BCUT2D eigenvalue weighted by Crippen LogP contribution is 2.43. The van der Waals surface area contributed by atoms with E-state index in [0.717, 1.165) is 64.2 Å². The molecule has 0 spiro atoms. The van der Waals surface area contributed by atoms with Crippen molar-refractivity contribution in [2.24, 2.45) is 0 Å². The van der Waals surface area contributed by atoms with Gasteiger partial charge in [-0.25, -0.2) is 4.57 Å². The van der Waals surface area contributed by atoms with Crippen LogP contribution in [0.25, 0.3) is 0 Å². The number of allylic oxidation sites excluding steroid dienone is 9. The molecule has 0 heterocycles. The molecule has 0 saturated carbocycles. The molecular formula is C62H118N2O6P+. The number of phosphoric ester groups is 1. The maximum absolute atomic E-state index is 12.9. The van der Waals surface area contributed by atoms with Gasteiger partial charge in [0.05, 0.1) is 39.9 Å². The highest BCUT2D eigenvalue weighted by molar-refractivity contribution is 7.47. The molecule has 8 nitrogen and oxygen atoms in total. The summed E-state index contributed by atoms with van der Waals surface area (Å²) in [6.45, 7) is 4.70. The fraction of sp³-hybridized carbons (Fsp3) is 0.823. The molecule has 0 aromatic heterocycles. The van der Waals surface area contributed by atoms with Crippen molar-refractivity contribution < 1.29 is 32.9 Å². The Morgan fingerprint density at radius 1 is 0.493 bits per heavy atom. The Kier molecular flexibility index (Phi) is 51.7. The number of likely N-dealkylation sites (N-methyl/N-ethyl adjacent to an activating group) is 1. The van der Waals surface area contributed by atoms with Gasteiger partial charge in [-0.15, -0.1) is 0 Å². The maximum Gasteiger partial charge on any atom is 0.472 e. The second-order valence-corrected chi connectivity index (χ2v) is 23.2. The summed E-state index contributed by atoms with van der Waals surface area (Å²) in [6.07, 6.45) is 72.2. The molecule has 0 aliphatic heterocycles. The quantitative estimate of drug-likeness (QED) is 0.0243. The summed E-state index contributed by atoms with van der Waals surface area (Å²) in [4.78, 5) is 23.2. The van der Waals surface area contributed by atoms with Gasteiger partial charge in [0.25, 0.3) is 0 Å². The first-order valence-corrected chi connectivity index (χ1v) is 31.7. The summed E-state index contributed by atoms with van der Waals surface area (Å²) < 4.78 is 23.6. The summed E-state index contributed by atoms with van der Waals surface area (Å²) in [5, 5.41) is 13.8. The summed E-state index contributed by atoms with van der Waals surface area (Å²) in [5.41, 5.74) is 0. The van der Waals surface area contributed by atoms with Crippen molar-refractivity contribution in [2.75, 3.05) is 40.9 Å². The lowest BCUT2D eigenvalue weighted by atomic mass is 10.0. The van der Waals surface area contributed by atoms with E-state index in [1.165, 1.54) is 193 Å². The molecule has 0 rings (SSSR count). The minimum absolute atomic E-state index is 0.0623. The molecule has 1 amide bonds. The number of aliphatic hydroxyl groups is 1. The number of amides is 1. The van der Waals surface area contributed by atoms with Crippen molar-refractivity contribution in [3.63, 3.8) is 0 Å². The van der Waals surface area contributed by atoms with Gasteiger partial charge in [0.2, 0.25) is 5.91 Å². The van der Waals surface area contributed by atoms with E-state index < -0.39 is 20.0 Å². The summed E-state index contributed by atoms with van der Waals surface area (Å²) in [5.74, 6) is -0.175. The minimum atomic E-state index is -4.34. The van der Waals surface area contributed by atoms with E-state index >= 15 is 0 Å². The number of nitrogens with one attached hydrogen (secondary N) is 1. The minimum Gasteiger partial charge on any atom is -0.387 e. The van der Waals surface area contributed by atoms with E-state index in [1.54, 1.807) is 6.08 Å². The summed E-state index contributed by atoms with van der Waals surface area (Å²) in [6, 6.07) is -0.843. The lowest BCUT2D eigenvalue weighted by molar-refractivity contribution is -0.870. The Morgan fingerprint density at radius 2 is 0.845 bits per heavy atom. The number of unbranched alkanes of at least 4 members (excludes halogenated alkanes) is 34. The monoisotopic (exact) mass is 1020 g/mol. The molecule has 0 saturated heterocycles. The van der Waals surface area contributed by atoms with Gasteiger partial charge in [-0.2, -0.15) is 0 Å². The number of hydrogen-bond donors (Lipinski definition) is 3. The van der Waals surface area contributed by atoms with Crippen LogP contribution in [-0.4, -0.2) is 73.4 Å². The van der Waals surface area contributed by atoms with Crippen LogP contribution in [0.3, 0.4) is 0 Å². The third-order valence-corrected chi connectivity index (χ3v) is 14.5. The topological polar surface area (TPSA) is 105 Å². The molecule has 0 bridgehead atoms. The lowest BCUT2D eigenvalue weighted by Gasteiger charge is -2.25. The molecule has 3 atom stereocenters. The summed E-state index contributed by atoms with van der Waals surface area (Å²) >= 11 is 0. The zero-order valence-electron chi connectivity index (χ0n) is 47.5. The van der Waals surface area contributed by atoms with Gasteiger partial charge in [0.15, 0.2) is 0 Å². The van der Waals surface area contributed by atoms with E-state index in [2.05, 4.69) is 67.8 Å². The molecule has 0 fully saturated rings. The molecule has 9 heteroatoms. The normalized spacial score (nSPS) is 14.3. The van der Waals surface area contributed by atoms with E-state index in [1.807, 2.05) is 27.2 Å². The maximum atomic E-state index is 12.9. The van der Waals surface area contributed by atoms with Crippen molar-refractivity contribution >= 4 is 13.7 Å². The number of quaternary nitrogens is 1. The Hall–Kier alpha value is -1.80. The molecule has 3 N–H and O–H groups in total. The van der Waals surface area contributed by atoms with Crippen LogP contribution in [0.2, 0.25) is 0 Å². The zero-order valence-corrected chi connectivity index (χ0v) is 48.4. The molecule has 416 valence electrons. The van der Waals surface area contributed by atoms with Gasteiger partial charge >= 0.3 is 7.82 Å². The predicted octanol–water partition coefficient (Wildman–Crippen LogP) is 18.5. The third kappa shape index (κ3) is 55.8. The van der Waals surface area contributed by atoms with Crippen LogP contribution >= 0.6 is 7.82 Å². The number of rotatable bonds is 55. The van der Waals surface area contributed by atoms with Gasteiger partial charge in [-0.3, -0.25) is 13.8 Å². The van der Waals surface area contributed by atoms with Crippen LogP contribution < -0.4 is 5.32 Å². The van der Waals surface area contributed by atoms with Gasteiger partial charge in [-0.1, -0.05) is 274 Å². The number of aliphatic hydroxyl groups excluding tert-OH is 1. The van der Waals surface area contributed by atoms with Gasteiger partial charge in [0, 0.05) is 6.42 Å². The van der Waals surface area contributed by atoms with Crippen LogP contribution in [0.5, 0.6) is 0 Å². The smallest absolute Gasteiger partial charge is 0.387 e. The number of hydrogen-bond acceptors (Lipinski definition) is 5. The zero-order chi connectivity index (χ0) is 52.0. The molecule has 3 unspecified atom stereocenters. The lowest BCUT2D eigenvalue weighted by Crippen LogP contribution is -2.45. The number of phosphoric acid groups is 1. The first-order chi connectivity index (χ1) is 34.5. The highest BCUT2D eigenvalue weighted by Gasteiger charge is 2.27. The standard InChI is InChI=1S/C62H117N2O6P/c1-6-8-10-12-14-16-18-19-20-21-22-23-24-25-26-27-28-29-30-31-32-33-34-35-36-37-38-39-40-41-42-43-44-45-46-48-50-52-54-56-62(66)63-60(59-70-71(67,68)69-58-57-64(3,4)5)61(65)55-53-51-49-47-17-15-13-11-9-7-2/h8,10,14,16,19-20,22-23,53,55,60-61,65H,6-7,9,11-13,15,17-18,21,24-52,54,56-59H2,1-5H3,(H-,63,66,67,68)/p+1/b10-8-,16-14-,20-19-,23-22-,55-53+. The van der Waals surface area contributed by atoms with Crippen molar-refractivity contribution in [2.45, 2.75) is 289 Å². The Bertz CT molecular complexity index is 1340. The average Bonchev–Trinajstić information content (AvgIpc) is 3.33. The predicted molar refractivity (Wildman–Crippen MR) is 309 cm³/mol. The van der Waals surface area contributed by atoms with Crippen LogP contribution in [0.4, 0.5) is 0 Å². The molecule has 71 heavy (non-hydrogen) atoms. The molecule has 0 aliphatic carbocycles. The number of carbonyl (C=O) groups excluding carboxylic acids is 1. The Morgan fingerprint density at radius 3 is 1.24 bits per heavy atom. The third-order valence-electron chi connectivity index (χ3n) is 13.5. The molecule has 0 aromatic rings. The van der Waals surface area contributed by atoms with E-state index in [-0.39, 0.29) is 19.1 Å². The first-order valence-electron chi connectivity index (χ1n) is 30.2. The van der Waals surface area contributed by atoms with Gasteiger partial charge < -0.3 is 19.8 Å². The van der Waals surface area contributed by atoms with Crippen molar-refractivity contribution in [1.29, 1.82) is 0 Å². The average molecular weight is 1020 g/mol. The highest BCUT2D eigenvalue weighted by atomic mass is 31.2. The van der Waals surface area contributed by atoms with Crippen LogP contribution in [0.1, 0.15) is 277 Å². The SMILES string of the molecule is CC/C=C\C/C=C\C/C=C\C/C=C\CCCCCCCCCCCCCCCCCCCCCCCCCCCCC(=O)NC(COP(=O)(O)OCC[N+](C)(C)C)C(O)/C=C/CCCCCCCCCC. The van der Waals surface area contributed by atoms with Crippen molar-refractivity contribution in [3.05, 3.63) is 60.8 Å². The van der Waals surface area contributed by atoms with Gasteiger partial charge in [-0.05, 0) is 57.8 Å². The van der Waals surface area contributed by atoms with Crippen LogP contribution in [-0.2, 0) is 18.4 Å². The fourth-order valence-electron chi connectivity index (χ4n) is 8.80. The molecule has 0 aromatic carbocycles. The fourth-order valence-corrected chi connectivity index (χ4v) is 9.54. The first kappa shape index (κ1) is 69.2. The van der Waals surface area contributed by atoms with Gasteiger partial charge in [0.1, 0.15) is 13.2 Å². The number of nitrogens with zero attached hydrogens (tertiary/aromatic N) is 1. The van der Waals surface area contributed by atoms with Crippen LogP contribution in [0, 0.1) is 0 Å². The van der Waals surface area contributed by atoms with E-state index in [0.29, 0.717) is 17.4 Å². The second kappa shape index (κ2) is 53.0.